The number of thiophene rings is 1. The fourth-order valence-electron chi connectivity index (χ4n) is 2.38. The number of hydrogen-bond donors (Lipinski definition) is 2. The number of nitrogen functional groups attached to an aromatic ring is 1. The normalized spacial score (nSPS) is 10.5. The van der Waals surface area contributed by atoms with Gasteiger partial charge in [-0.3, -0.25) is 0 Å². The van der Waals surface area contributed by atoms with Crippen LogP contribution >= 0.6 is 11.3 Å². The van der Waals surface area contributed by atoms with Crippen molar-refractivity contribution in [3.63, 3.8) is 0 Å². The first-order valence-electron chi connectivity index (χ1n) is 8.14. The molecule has 2 aromatic heterocycles. The van der Waals surface area contributed by atoms with Gasteiger partial charge in [0.1, 0.15) is 4.88 Å². The van der Waals surface area contributed by atoms with Crippen LogP contribution in [-0.4, -0.2) is 20.9 Å². The molecule has 3 aromatic rings. The molecule has 0 bridgehead atoms. The average molecular weight is 369 g/mol. The molecule has 1 aromatic carbocycles. The highest BCUT2D eigenvalue weighted by Crippen LogP contribution is 2.23. The fourth-order valence-corrected chi connectivity index (χ4v) is 3.39. The van der Waals surface area contributed by atoms with E-state index in [1.165, 1.54) is 16.2 Å². The second-order valence-corrected chi connectivity index (χ2v) is 6.71. The molecular weight excluding hydrogens is 350 g/mol. The lowest BCUT2D eigenvalue weighted by Gasteiger charge is -2.07. The quantitative estimate of drug-likeness (QED) is 0.641. The Bertz CT molecular complexity index is 911. The zero-order valence-corrected chi connectivity index (χ0v) is 15.3. The minimum atomic E-state index is -0.394. The van der Waals surface area contributed by atoms with Crippen LogP contribution < -0.4 is 11.1 Å². The number of aromatic nitrogens is 3. The van der Waals surface area contributed by atoms with E-state index in [0.29, 0.717) is 10.8 Å². The van der Waals surface area contributed by atoms with Crippen molar-refractivity contribution in [2.75, 3.05) is 11.1 Å². The second-order valence-electron chi connectivity index (χ2n) is 5.57. The van der Waals surface area contributed by atoms with Gasteiger partial charge in [-0.2, -0.15) is 15.0 Å². The Balaban J connectivity index is 1.68. The van der Waals surface area contributed by atoms with Crippen LogP contribution in [-0.2, 0) is 17.8 Å². The maximum Gasteiger partial charge on any atom is 0.348 e. The van der Waals surface area contributed by atoms with Crippen LogP contribution in [0.25, 0.3) is 0 Å². The molecule has 134 valence electrons. The summed E-state index contributed by atoms with van der Waals surface area (Å²) >= 11 is 1.45. The molecule has 3 rings (SSSR count). The summed E-state index contributed by atoms with van der Waals surface area (Å²) < 4.78 is 5.32. The SMILES string of the molecule is CCc1sc(C(=O)OCc2nc(N)nc(Nc3ccccc3)n2)cc1C. The predicted octanol–water partition coefficient (Wildman–Crippen LogP) is 3.49. The predicted molar refractivity (Wildman–Crippen MR) is 102 cm³/mol. The number of esters is 1. The van der Waals surface area contributed by atoms with Gasteiger partial charge in [-0.15, -0.1) is 11.3 Å². The molecule has 0 saturated heterocycles. The molecular formula is C18H19N5O2S. The van der Waals surface area contributed by atoms with Gasteiger partial charge in [-0.25, -0.2) is 4.79 Å². The molecule has 0 spiro atoms. The van der Waals surface area contributed by atoms with E-state index in [9.17, 15) is 4.79 Å². The van der Waals surface area contributed by atoms with E-state index >= 15 is 0 Å². The highest BCUT2D eigenvalue weighted by molar-refractivity contribution is 7.14. The largest absolute Gasteiger partial charge is 0.453 e. The monoisotopic (exact) mass is 369 g/mol. The Morgan fingerprint density at radius 2 is 2.00 bits per heavy atom. The van der Waals surface area contributed by atoms with Crippen LogP contribution in [0.15, 0.2) is 36.4 Å². The maximum atomic E-state index is 12.2. The van der Waals surface area contributed by atoms with Gasteiger partial charge < -0.3 is 15.8 Å². The van der Waals surface area contributed by atoms with Gasteiger partial charge in [0, 0.05) is 10.6 Å². The van der Waals surface area contributed by atoms with Crippen molar-refractivity contribution in [3.8, 4) is 0 Å². The highest BCUT2D eigenvalue weighted by Gasteiger charge is 2.14. The van der Waals surface area contributed by atoms with Crippen molar-refractivity contribution in [1.29, 1.82) is 0 Å². The number of anilines is 3. The summed E-state index contributed by atoms with van der Waals surface area (Å²) in [6.07, 6.45) is 0.891. The number of hydrogen-bond acceptors (Lipinski definition) is 8. The lowest BCUT2D eigenvalue weighted by atomic mass is 10.2. The first kappa shape index (κ1) is 17.8. The molecule has 8 heteroatoms. The number of nitrogens with one attached hydrogen (secondary N) is 1. The van der Waals surface area contributed by atoms with Gasteiger partial charge >= 0.3 is 5.97 Å². The Hall–Kier alpha value is -3.00. The summed E-state index contributed by atoms with van der Waals surface area (Å²) in [5.74, 6) is 0.252. The van der Waals surface area contributed by atoms with Crippen LogP contribution in [0.2, 0.25) is 0 Å². The summed E-state index contributed by atoms with van der Waals surface area (Å²) in [4.78, 5) is 26.3. The smallest absolute Gasteiger partial charge is 0.348 e. The summed E-state index contributed by atoms with van der Waals surface area (Å²) in [6, 6.07) is 11.3. The van der Waals surface area contributed by atoms with Crippen LogP contribution in [0.3, 0.4) is 0 Å². The zero-order chi connectivity index (χ0) is 18.5. The number of para-hydroxylation sites is 1. The molecule has 0 radical (unpaired) electrons. The number of carbonyl (C=O) groups excluding carboxylic acids is 1. The first-order chi connectivity index (χ1) is 12.5. The van der Waals surface area contributed by atoms with Crippen molar-refractivity contribution < 1.29 is 9.53 Å². The van der Waals surface area contributed by atoms with Gasteiger partial charge in [0.25, 0.3) is 0 Å². The van der Waals surface area contributed by atoms with E-state index in [2.05, 4.69) is 27.2 Å². The molecule has 0 aliphatic carbocycles. The summed E-state index contributed by atoms with van der Waals surface area (Å²) in [6.45, 7) is 3.97. The number of carbonyl (C=O) groups is 1. The summed E-state index contributed by atoms with van der Waals surface area (Å²) in [5, 5.41) is 3.04. The van der Waals surface area contributed by atoms with Gasteiger partial charge in [0.05, 0.1) is 0 Å². The third-order valence-electron chi connectivity index (χ3n) is 3.60. The topological polar surface area (TPSA) is 103 Å². The fraction of sp³-hybridized carbons (Fsp3) is 0.222. The molecule has 0 atom stereocenters. The lowest BCUT2D eigenvalue weighted by Crippen LogP contribution is -2.10. The van der Waals surface area contributed by atoms with E-state index in [4.69, 9.17) is 10.5 Å². The van der Waals surface area contributed by atoms with E-state index in [1.807, 2.05) is 43.3 Å². The van der Waals surface area contributed by atoms with Gasteiger partial charge in [0.15, 0.2) is 12.4 Å². The van der Waals surface area contributed by atoms with Crippen molar-refractivity contribution in [2.45, 2.75) is 26.9 Å². The number of benzene rings is 1. The Morgan fingerprint density at radius 1 is 1.23 bits per heavy atom. The van der Waals surface area contributed by atoms with Crippen molar-refractivity contribution in [3.05, 3.63) is 57.5 Å². The minimum absolute atomic E-state index is 0.0599. The Morgan fingerprint density at radius 3 is 2.69 bits per heavy atom. The van der Waals surface area contributed by atoms with E-state index in [-0.39, 0.29) is 18.4 Å². The van der Waals surface area contributed by atoms with Gasteiger partial charge in [-0.05, 0) is 37.1 Å². The molecule has 0 fully saturated rings. The molecule has 0 saturated carbocycles. The third-order valence-corrected chi connectivity index (χ3v) is 4.97. The van der Waals surface area contributed by atoms with E-state index < -0.39 is 5.97 Å². The van der Waals surface area contributed by atoms with Crippen LogP contribution in [0.5, 0.6) is 0 Å². The maximum absolute atomic E-state index is 12.2. The highest BCUT2D eigenvalue weighted by atomic mass is 32.1. The molecule has 2 heterocycles. The molecule has 0 aliphatic rings. The van der Waals surface area contributed by atoms with Crippen LogP contribution in [0, 0.1) is 6.92 Å². The number of nitrogens with two attached hydrogens (primary N) is 1. The number of ether oxygens (including phenoxy) is 1. The van der Waals surface area contributed by atoms with Crippen LogP contribution in [0.1, 0.15) is 32.9 Å². The average Bonchev–Trinajstić information content (AvgIpc) is 3.01. The van der Waals surface area contributed by atoms with Crippen LogP contribution in [0.4, 0.5) is 17.6 Å². The second kappa shape index (κ2) is 7.92. The number of nitrogens with zero attached hydrogens (tertiary/aromatic N) is 3. The standard InChI is InChI=1S/C18H19N5O2S/c1-3-13-11(2)9-14(26-13)16(24)25-10-15-21-17(19)23-18(22-15)20-12-7-5-4-6-8-12/h4-9H,3,10H2,1-2H3,(H3,19,20,21,22,23). The van der Waals surface area contributed by atoms with Crippen molar-refractivity contribution in [2.24, 2.45) is 0 Å². The minimum Gasteiger partial charge on any atom is -0.453 e. The van der Waals surface area contributed by atoms with Gasteiger partial charge in [-0.1, -0.05) is 25.1 Å². The van der Waals surface area contributed by atoms with E-state index in [1.54, 1.807) is 0 Å². The molecule has 7 nitrogen and oxygen atoms in total. The lowest BCUT2D eigenvalue weighted by molar-refractivity contribution is 0.0468. The summed E-state index contributed by atoms with van der Waals surface area (Å²) in [5.41, 5.74) is 7.65. The third kappa shape index (κ3) is 4.34. The first-order valence-corrected chi connectivity index (χ1v) is 8.95. The molecule has 0 amide bonds. The zero-order valence-electron chi connectivity index (χ0n) is 14.5. The summed E-state index contributed by atoms with van der Waals surface area (Å²) in [7, 11) is 0. The van der Waals surface area contributed by atoms with Crippen molar-refractivity contribution >= 4 is 34.9 Å². The number of rotatable bonds is 6. The van der Waals surface area contributed by atoms with Gasteiger partial charge in [0.2, 0.25) is 11.9 Å². The molecule has 26 heavy (non-hydrogen) atoms. The molecule has 0 unspecified atom stereocenters. The van der Waals surface area contributed by atoms with Crippen molar-refractivity contribution in [1.82, 2.24) is 15.0 Å². The van der Waals surface area contributed by atoms with E-state index in [0.717, 1.165) is 17.7 Å². The molecule has 0 aliphatic heterocycles. The Kier molecular flexibility index (Phi) is 5.43. The molecule has 3 N–H and O–H groups in total. The number of aryl methyl sites for hydroxylation is 2. The Labute approximate surface area is 155 Å².